The van der Waals surface area contributed by atoms with Crippen LogP contribution in [0, 0.1) is 6.92 Å². The Bertz CT molecular complexity index is 478. The van der Waals surface area contributed by atoms with Gasteiger partial charge in [0.15, 0.2) is 0 Å². The Hall–Kier alpha value is -1.36. The number of benzene rings is 1. The van der Waals surface area contributed by atoms with Crippen LogP contribution in [0.5, 0.6) is 0 Å². The molecule has 3 N–H and O–H groups in total. The summed E-state index contributed by atoms with van der Waals surface area (Å²) < 4.78 is 11.4. The number of aryl methyl sites for hydroxylation is 1. The van der Waals surface area contributed by atoms with Crippen LogP contribution < -0.4 is 11.1 Å². The van der Waals surface area contributed by atoms with E-state index in [2.05, 4.69) is 5.32 Å². The van der Waals surface area contributed by atoms with E-state index in [0.29, 0.717) is 11.4 Å². The second-order valence-corrected chi connectivity index (χ2v) is 7.45. The number of hydrogen-bond acceptors (Lipinski definition) is 3. The van der Waals surface area contributed by atoms with Crippen LogP contribution in [0.25, 0.3) is 0 Å². The van der Waals surface area contributed by atoms with E-state index in [-0.39, 0.29) is 11.7 Å². The summed E-state index contributed by atoms with van der Waals surface area (Å²) in [4.78, 5) is 11.7. The third kappa shape index (κ3) is 4.14. The first kappa shape index (κ1) is 14.7. The quantitative estimate of drug-likeness (QED) is 0.824. The van der Waals surface area contributed by atoms with E-state index in [4.69, 9.17) is 5.73 Å². The molecule has 4 nitrogen and oxygen atoms in total. The molecule has 0 aliphatic carbocycles. The molecule has 0 saturated carbocycles. The van der Waals surface area contributed by atoms with Crippen LogP contribution >= 0.6 is 0 Å². The summed E-state index contributed by atoms with van der Waals surface area (Å²) in [7, 11) is -1.20. The zero-order valence-corrected chi connectivity index (χ0v) is 12.1. The van der Waals surface area contributed by atoms with Gasteiger partial charge in [-0.25, -0.2) is 0 Å². The average Bonchev–Trinajstić information content (AvgIpc) is 2.20. The number of hydrogen-bond donors (Lipinski definition) is 2. The second kappa shape index (κ2) is 5.52. The molecule has 1 rings (SSSR count). The molecule has 1 aromatic rings. The van der Waals surface area contributed by atoms with Gasteiger partial charge in [0, 0.05) is 15.5 Å². The highest BCUT2D eigenvalue weighted by atomic mass is 32.2. The maximum absolute atomic E-state index is 11.8. The van der Waals surface area contributed by atoms with Crippen LogP contribution in [0.3, 0.4) is 0 Å². The zero-order valence-electron chi connectivity index (χ0n) is 11.2. The Morgan fingerprint density at radius 3 is 2.50 bits per heavy atom. The lowest BCUT2D eigenvalue weighted by Gasteiger charge is -2.17. The SMILES string of the molecule is Cc1ccc(NC(=O)CS(=O)C(C)(C)C)c(N)c1. The van der Waals surface area contributed by atoms with Gasteiger partial charge in [-0.05, 0) is 45.4 Å². The Labute approximate surface area is 110 Å². The topological polar surface area (TPSA) is 72.2 Å². The molecule has 1 aromatic carbocycles. The van der Waals surface area contributed by atoms with Crippen molar-refractivity contribution < 1.29 is 9.00 Å². The molecule has 0 aliphatic heterocycles. The zero-order chi connectivity index (χ0) is 13.9. The number of carbonyl (C=O) groups is 1. The van der Waals surface area contributed by atoms with Crippen molar-refractivity contribution in [3.63, 3.8) is 0 Å². The van der Waals surface area contributed by atoms with Crippen molar-refractivity contribution in [3.8, 4) is 0 Å². The number of nitrogens with one attached hydrogen (secondary N) is 1. The first-order valence-electron chi connectivity index (χ1n) is 5.74. The summed E-state index contributed by atoms with van der Waals surface area (Å²) >= 11 is 0. The van der Waals surface area contributed by atoms with Gasteiger partial charge in [-0.1, -0.05) is 6.07 Å². The van der Waals surface area contributed by atoms with Gasteiger partial charge in [-0.15, -0.1) is 0 Å². The van der Waals surface area contributed by atoms with Crippen molar-refractivity contribution in [1.29, 1.82) is 0 Å². The van der Waals surface area contributed by atoms with E-state index in [1.165, 1.54) is 0 Å². The first-order valence-corrected chi connectivity index (χ1v) is 7.06. The summed E-state index contributed by atoms with van der Waals surface area (Å²) in [5, 5.41) is 2.68. The highest BCUT2D eigenvalue weighted by molar-refractivity contribution is 7.87. The van der Waals surface area contributed by atoms with E-state index in [0.717, 1.165) is 5.56 Å². The largest absolute Gasteiger partial charge is 0.397 e. The highest BCUT2D eigenvalue weighted by Crippen LogP contribution is 2.19. The molecule has 1 amide bonds. The van der Waals surface area contributed by atoms with Gasteiger partial charge >= 0.3 is 0 Å². The third-order valence-electron chi connectivity index (χ3n) is 2.43. The van der Waals surface area contributed by atoms with Crippen LogP contribution in [0.2, 0.25) is 0 Å². The third-order valence-corrected chi connectivity index (χ3v) is 4.32. The molecule has 1 atom stereocenters. The number of nitrogens with two attached hydrogens (primary N) is 1. The summed E-state index contributed by atoms with van der Waals surface area (Å²) in [6.07, 6.45) is 0. The molecule has 0 heterocycles. The summed E-state index contributed by atoms with van der Waals surface area (Å²) in [6, 6.07) is 5.41. The van der Waals surface area contributed by atoms with Crippen molar-refractivity contribution in [3.05, 3.63) is 23.8 Å². The monoisotopic (exact) mass is 268 g/mol. The number of amides is 1. The van der Waals surface area contributed by atoms with Gasteiger partial charge in [0.1, 0.15) is 5.75 Å². The van der Waals surface area contributed by atoms with Crippen molar-refractivity contribution >= 4 is 28.1 Å². The molecule has 0 fully saturated rings. The van der Waals surface area contributed by atoms with Gasteiger partial charge in [-0.3, -0.25) is 9.00 Å². The average molecular weight is 268 g/mol. The fourth-order valence-corrected chi connectivity index (χ4v) is 2.06. The van der Waals surface area contributed by atoms with E-state index < -0.39 is 15.5 Å². The van der Waals surface area contributed by atoms with E-state index in [9.17, 15) is 9.00 Å². The predicted octanol–water partition coefficient (Wildman–Crippen LogP) is 2.06. The fraction of sp³-hybridized carbons (Fsp3) is 0.462. The molecule has 0 aromatic heterocycles. The molecule has 0 spiro atoms. The number of rotatable bonds is 3. The van der Waals surface area contributed by atoms with E-state index in [1.807, 2.05) is 33.8 Å². The minimum atomic E-state index is -1.20. The summed E-state index contributed by atoms with van der Waals surface area (Å²) in [5.74, 6) is -0.296. The molecule has 0 bridgehead atoms. The van der Waals surface area contributed by atoms with Gasteiger partial charge in [0.05, 0.1) is 11.4 Å². The number of carbonyl (C=O) groups excluding carboxylic acids is 1. The molecule has 18 heavy (non-hydrogen) atoms. The minimum Gasteiger partial charge on any atom is -0.397 e. The van der Waals surface area contributed by atoms with Gasteiger partial charge in [0.2, 0.25) is 5.91 Å². The minimum absolute atomic E-state index is 0.0170. The molecule has 0 saturated heterocycles. The van der Waals surface area contributed by atoms with Crippen LogP contribution in [0.1, 0.15) is 26.3 Å². The Kier molecular flexibility index (Phi) is 4.51. The molecule has 1 unspecified atom stereocenters. The molecule has 0 aliphatic rings. The van der Waals surface area contributed by atoms with Crippen LogP contribution in [-0.4, -0.2) is 20.6 Å². The molecule has 100 valence electrons. The maximum atomic E-state index is 11.8. The lowest BCUT2D eigenvalue weighted by atomic mass is 10.2. The molecule has 5 heteroatoms. The van der Waals surface area contributed by atoms with Crippen LogP contribution in [-0.2, 0) is 15.6 Å². The summed E-state index contributed by atoms with van der Waals surface area (Å²) in [5.41, 5.74) is 7.91. The Morgan fingerprint density at radius 1 is 1.39 bits per heavy atom. The number of anilines is 2. The number of nitrogen functional groups attached to an aromatic ring is 1. The standard InChI is InChI=1S/C13H20N2O2S/c1-9-5-6-11(10(14)7-9)15-12(16)8-18(17)13(2,3)4/h5-7H,8,14H2,1-4H3,(H,15,16). The van der Waals surface area contributed by atoms with Gasteiger partial charge in [-0.2, -0.15) is 0 Å². The lowest BCUT2D eigenvalue weighted by Crippen LogP contribution is -2.30. The van der Waals surface area contributed by atoms with E-state index >= 15 is 0 Å². The maximum Gasteiger partial charge on any atom is 0.237 e. The van der Waals surface area contributed by atoms with E-state index in [1.54, 1.807) is 12.1 Å². The smallest absolute Gasteiger partial charge is 0.237 e. The van der Waals surface area contributed by atoms with Crippen molar-refractivity contribution in [2.45, 2.75) is 32.4 Å². The second-order valence-electron chi connectivity index (χ2n) is 5.24. The normalized spacial score (nSPS) is 13.1. The lowest BCUT2D eigenvalue weighted by molar-refractivity contribution is -0.113. The van der Waals surface area contributed by atoms with Gasteiger partial charge < -0.3 is 11.1 Å². The molecule has 0 radical (unpaired) electrons. The first-order chi connectivity index (χ1) is 8.20. The fourth-order valence-electron chi connectivity index (χ4n) is 1.32. The van der Waals surface area contributed by atoms with Crippen LogP contribution in [0.4, 0.5) is 11.4 Å². The molecular weight excluding hydrogens is 248 g/mol. The highest BCUT2D eigenvalue weighted by Gasteiger charge is 2.22. The summed E-state index contributed by atoms with van der Waals surface area (Å²) in [6.45, 7) is 7.46. The van der Waals surface area contributed by atoms with Crippen molar-refractivity contribution in [2.24, 2.45) is 0 Å². The van der Waals surface area contributed by atoms with Gasteiger partial charge in [0.25, 0.3) is 0 Å². The van der Waals surface area contributed by atoms with Crippen LogP contribution in [0.15, 0.2) is 18.2 Å². The van der Waals surface area contributed by atoms with Crippen molar-refractivity contribution in [1.82, 2.24) is 0 Å². The Morgan fingerprint density at radius 2 is 2.00 bits per heavy atom. The van der Waals surface area contributed by atoms with Crippen molar-refractivity contribution in [2.75, 3.05) is 16.8 Å². The Balaban J connectivity index is 2.68. The molecular formula is C13H20N2O2S. The predicted molar refractivity (Wildman–Crippen MR) is 77.0 cm³/mol.